The number of benzene rings is 1. The number of rotatable bonds is 5. The van der Waals surface area contributed by atoms with E-state index in [0.29, 0.717) is 6.54 Å². The maximum atomic E-state index is 13.0. The molecule has 7 nitrogen and oxygen atoms in total. The molecule has 1 saturated heterocycles. The Morgan fingerprint density at radius 2 is 1.92 bits per heavy atom. The average Bonchev–Trinajstić information content (AvgIpc) is 2.78. The van der Waals surface area contributed by atoms with Crippen LogP contribution in [0.3, 0.4) is 0 Å². The molecule has 1 aliphatic heterocycles. The van der Waals surface area contributed by atoms with E-state index in [1.165, 1.54) is 29.1 Å². The minimum absolute atomic E-state index is 0.117. The van der Waals surface area contributed by atoms with Gasteiger partial charge in [-0.1, -0.05) is 0 Å². The monoisotopic (exact) mass is 352 g/mol. The fourth-order valence-corrected chi connectivity index (χ4v) is 2.69. The van der Waals surface area contributed by atoms with Crippen molar-refractivity contribution < 1.29 is 18.8 Å². The molecule has 128 valence electrons. The largest absolute Gasteiger partial charge is 0.359 e. The number of nitrogens with zero attached hydrogens (tertiary/aromatic N) is 2. The Morgan fingerprint density at radius 3 is 2.46 bits per heavy atom. The topological polar surface area (TPSA) is 81.8 Å². The molecule has 0 spiro atoms. The highest BCUT2D eigenvalue weighted by Gasteiger charge is 2.43. The first kappa shape index (κ1) is 17.8. The van der Waals surface area contributed by atoms with Crippen molar-refractivity contribution in [1.82, 2.24) is 20.7 Å². The maximum absolute atomic E-state index is 13.0. The molecule has 1 aliphatic rings. The van der Waals surface area contributed by atoms with E-state index in [1.807, 2.05) is 0 Å². The zero-order valence-electron chi connectivity index (χ0n) is 13.2. The smallest absolute Gasteiger partial charge is 0.269 e. The fraction of sp³-hybridized carbons (Fsp3) is 0.333. The molecule has 2 rings (SSSR count). The SMILES string of the molecule is CCN1C(=O)C(CC(=O)NC)N(NC(=O)c2ccc(F)cc2)C1=S. The summed E-state index contributed by atoms with van der Waals surface area (Å²) in [5.74, 6) is -1.72. The molecule has 1 aromatic carbocycles. The Labute approximate surface area is 143 Å². The summed E-state index contributed by atoms with van der Waals surface area (Å²) in [6.07, 6.45) is -0.143. The summed E-state index contributed by atoms with van der Waals surface area (Å²) in [5, 5.41) is 3.77. The van der Waals surface area contributed by atoms with E-state index < -0.39 is 17.8 Å². The van der Waals surface area contributed by atoms with Crippen LogP contribution >= 0.6 is 12.2 Å². The van der Waals surface area contributed by atoms with Gasteiger partial charge >= 0.3 is 0 Å². The second-order valence-corrected chi connectivity index (χ2v) is 5.44. The number of halogens is 1. The zero-order chi connectivity index (χ0) is 17.9. The quantitative estimate of drug-likeness (QED) is 0.751. The number of carbonyl (C=O) groups is 3. The van der Waals surface area contributed by atoms with Crippen LogP contribution in [0.5, 0.6) is 0 Å². The van der Waals surface area contributed by atoms with Crippen LogP contribution in [0.15, 0.2) is 24.3 Å². The Bertz CT molecular complexity index is 680. The number of likely N-dealkylation sites (N-methyl/N-ethyl adjacent to an activating group) is 1. The Hall–Kier alpha value is -2.55. The van der Waals surface area contributed by atoms with Crippen LogP contribution in [0.1, 0.15) is 23.7 Å². The zero-order valence-corrected chi connectivity index (χ0v) is 14.0. The molecule has 0 saturated carbocycles. The second kappa shape index (κ2) is 7.35. The van der Waals surface area contributed by atoms with Gasteiger partial charge in [0, 0.05) is 19.2 Å². The first-order chi connectivity index (χ1) is 11.4. The lowest BCUT2D eigenvalue weighted by Crippen LogP contribution is -2.50. The van der Waals surface area contributed by atoms with Crippen molar-refractivity contribution in [2.45, 2.75) is 19.4 Å². The molecule has 24 heavy (non-hydrogen) atoms. The van der Waals surface area contributed by atoms with Crippen molar-refractivity contribution >= 4 is 35.1 Å². The fourth-order valence-electron chi connectivity index (χ4n) is 2.30. The number of carbonyl (C=O) groups excluding carboxylic acids is 3. The van der Waals surface area contributed by atoms with Gasteiger partial charge in [0.05, 0.1) is 6.42 Å². The van der Waals surface area contributed by atoms with E-state index in [-0.39, 0.29) is 28.9 Å². The molecule has 0 bridgehead atoms. The molecule has 1 heterocycles. The van der Waals surface area contributed by atoms with Crippen LogP contribution in [0, 0.1) is 5.82 Å². The summed E-state index contributed by atoms with van der Waals surface area (Å²) >= 11 is 5.22. The molecule has 3 amide bonds. The highest BCUT2D eigenvalue weighted by molar-refractivity contribution is 7.80. The molecule has 9 heteroatoms. The Morgan fingerprint density at radius 1 is 1.29 bits per heavy atom. The summed E-state index contributed by atoms with van der Waals surface area (Å²) < 4.78 is 13.0. The highest BCUT2D eigenvalue weighted by Crippen LogP contribution is 2.19. The van der Waals surface area contributed by atoms with Crippen molar-refractivity contribution in [2.75, 3.05) is 13.6 Å². The van der Waals surface area contributed by atoms with E-state index in [0.717, 1.165) is 12.1 Å². The maximum Gasteiger partial charge on any atom is 0.269 e. The van der Waals surface area contributed by atoms with Gasteiger partial charge in [0.25, 0.3) is 11.8 Å². The summed E-state index contributed by atoms with van der Waals surface area (Å²) in [4.78, 5) is 37.6. The number of amides is 3. The van der Waals surface area contributed by atoms with E-state index in [4.69, 9.17) is 12.2 Å². The first-order valence-corrected chi connectivity index (χ1v) is 7.71. The van der Waals surface area contributed by atoms with Gasteiger partial charge in [-0.15, -0.1) is 0 Å². The Balaban J connectivity index is 2.21. The van der Waals surface area contributed by atoms with Gasteiger partial charge in [0.2, 0.25) is 5.91 Å². The van der Waals surface area contributed by atoms with Crippen molar-refractivity contribution in [1.29, 1.82) is 0 Å². The van der Waals surface area contributed by atoms with Crippen LogP contribution in [-0.2, 0) is 9.59 Å². The highest BCUT2D eigenvalue weighted by atomic mass is 32.1. The summed E-state index contributed by atoms with van der Waals surface area (Å²) in [6, 6.07) is 4.03. The predicted molar refractivity (Wildman–Crippen MR) is 88.2 cm³/mol. The van der Waals surface area contributed by atoms with Gasteiger partial charge in [-0.3, -0.25) is 24.7 Å². The van der Waals surface area contributed by atoms with Gasteiger partial charge in [-0.05, 0) is 43.4 Å². The number of nitrogens with one attached hydrogen (secondary N) is 2. The van der Waals surface area contributed by atoms with Crippen molar-refractivity contribution in [2.24, 2.45) is 0 Å². The van der Waals surface area contributed by atoms with Gasteiger partial charge in [0.1, 0.15) is 11.9 Å². The molecule has 2 N–H and O–H groups in total. The molecule has 0 radical (unpaired) electrons. The van der Waals surface area contributed by atoms with Crippen LogP contribution in [0.2, 0.25) is 0 Å². The number of hydrazine groups is 1. The third-order valence-corrected chi connectivity index (χ3v) is 4.02. The molecule has 1 atom stereocenters. The molecule has 1 aromatic rings. The van der Waals surface area contributed by atoms with Crippen molar-refractivity contribution in [3.8, 4) is 0 Å². The molecule has 0 aromatic heterocycles. The van der Waals surface area contributed by atoms with Crippen LogP contribution in [0.4, 0.5) is 4.39 Å². The summed E-state index contributed by atoms with van der Waals surface area (Å²) in [7, 11) is 1.46. The van der Waals surface area contributed by atoms with Crippen LogP contribution in [0.25, 0.3) is 0 Å². The standard InChI is InChI=1S/C15H17FN4O3S/c1-3-19-14(23)11(8-12(21)17-2)20(15(19)24)18-13(22)9-4-6-10(16)7-5-9/h4-7,11H,3,8H2,1-2H3,(H,17,21)(H,18,22). The van der Waals surface area contributed by atoms with Crippen molar-refractivity contribution in [3.05, 3.63) is 35.6 Å². The summed E-state index contributed by atoms with van der Waals surface area (Å²) in [5.41, 5.74) is 2.74. The third kappa shape index (κ3) is 3.51. The number of hydrogen-bond donors (Lipinski definition) is 2. The van der Waals surface area contributed by atoms with E-state index in [2.05, 4.69) is 10.7 Å². The Kier molecular flexibility index (Phi) is 5.45. The molecule has 1 fully saturated rings. The lowest BCUT2D eigenvalue weighted by Gasteiger charge is -2.24. The molecular weight excluding hydrogens is 335 g/mol. The first-order valence-electron chi connectivity index (χ1n) is 7.30. The average molecular weight is 352 g/mol. The summed E-state index contributed by atoms with van der Waals surface area (Å²) in [6.45, 7) is 2.07. The second-order valence-electron chi connectivity index (χ2n) is 5.08. The molecule has 0 aliphatic carbocycles. The van der Waals surface area contributed by atoms with Crippen LogP contribution < -0.4 is 10.7 Å². The lowest BCUT2D eigenvalue weighted by atomic mass is 10.2. The predicted octanol–water partition coefficient (Wildman–Crippen LogP) is 0.424. The van der Waals surface area contributed by atoms with Gasteiger partial charge in [-0.25, -0.2) is 9.40 Å². The number of thiocarbonyl (C=S) groups is 1. The normalized spacial score (nSPS) is 17.2. The van der Waals surface area contributed by atoms with Gasteiger partial charge in [-0.2, -0.15) is 0 Å². The van der Waals surface area contributed by atoms with E-state index in [9.17, 15) is 18.8 Å². The van der Waals surface area contributed by atoms with E-state index in [1.54, 1.807) is 6.92 Å². The minimum atomic E-state index is -0.915. The van der Waals surface area contributed by atoms with Crippen molar-refractivity contribution in [3.63, 3.8) is 0 Å². The number of hydrogen-bond acceptors (Lipinski definition) is 4. The lowest BCUT2D eigenvalue weighted by molar-refractivity contribution is -0.132. The van der Waals surface area contributed by atoms with Gasteiger partial charge < -0.3 is 5.32 Å². The van der Waals surface area contributed by atoms with Gasteiger partial charge in [0.15, 0.2) is 5.11 Å². The molecular formula is C15H17FN4O3S. The minimum Gasteiger partial charge on any atom is -0.359 e. The van der Waals surface area contributed by atoms with E-state index >= 15 is 0 Å². The molecule has 1 unspecified atom stereocenters. The third-order valence-electron chi connectivity index (χ3n) is 3.60. The van der Waals surface area contributed by atoms with Crippen LogP contribution in [-0.4, -0.2) is 52.4 Å².